The monoisotopic (exact) mass is 366 g/mol. The average molecular weight is 366 g/mol. The molecular formula is C19H18N4O2S. The first-order valence-corrected chi connectivity index (χ1v) is 9.05. The molecule has 2 aromatic heterocycles. The highest BCUT2D eigenvalue weighted by atomic mass is 32.1. The molecule has 3 rings (SSSR count). The van der Waals surface area contributed by atoms with Crippen LogP contribution >= 0.6 is 11.3 Å². The Morgan fingerprint density at radius 2 is 1.96 bits per heavy atom. The van der Waals surface area contributed by atoms with Crippen LogP contribution in [-0.4, -0.2) is 33.2 Å². The minimum atomic E-state index is -0.392. The number of hydrogen-bond donors (Lipinski definition) is 1. The van der Waals surface area contributed by atoms with Gasteiger partial charge in [-0.2, -0.15) is 0 Å². The summed E-state index contributed by atoms with van der Waals surface area (Å²) < 4.78 is 0. The first-order valence-electron chi connectivity index (χ1n) is 8.17. The maximum absolute atomic E-state index is 12.9. The van der Waals surface area contributed by atoms with Crippen LogP contribution in [0.5, 0.6) is 0 Å². The predicted octanol–water partition coefficient (Wildman–Crippen LogP) is 3.45. The summed E-state index contributed by atoms with van der Waals surface area (Å²) in [4.78, 5) is 35.3. The van der Waals surface area contributed by atoms with E-state index in [1.165, 1.54) is 29.9 Å². The van der Waals surface area contributed by atoms with Gasteiger partial charge in [0.25, 0.3) is 11.8 Å². The van der Waals surface area contributed by atoms with E-state index in [9.17, 15) is 9.59 Å². The van der Waals surface area contributed by atoms with Crippen molar-refractivity contribution < 1.29 is 9.59 Å². The first kappa shape index (κ1) is 17.8. The van der Waals surface area contributed by atoms with E-state index in [0.717, 1.165) is 5.56 Å². The Balaban J connectivity index is 1.76. The van der Waals surface area contributed by atoms with E-state index in [-0.39, 0.29) is 11.6 Å². The minimum Gasteiger partial charge on any atom is -0.334 e. The molecule has 2 amide bonds. The number of carbonyl (C=O) groups is 2. The number of aromatic nitrogens is 2. The number of nitrogens with zero attached hydrogens (tertiary/aromatic N) is 3. The molecule has 0 atom stereocenters. The highest BCUT2D eigenvalue weighted by Gasteiger charge is 2.21. The molecule has 0 radical (unpaired) electrons. The van der Waals surface area contributed by atoms with Gasteiger partial charge >= 0.3 is 0 Å². The van der Waals surface area contributed by atoms with E-state index < -0.39 is 5.91 Å². The van der Waals surface area contributed by atoms with Crippen LogP contribution in [0.25, 0.3) is 0 Å². The van der Waals surface area contributed by atoms with Gasteiger partial charge in [-0.25, -0.2) is 4.98 Å². The Labute approximate surface area is 155 Å². The summed E-state index contributed by atoms with van der Waals surface area (Å²) in [5.41, 5.74) is 1.75. The van der Waals surface area contributed by atoms with Crippen molar-refractivity contribution in [2.45, 2.75) is 13.5 Å². The number of carbonyl (C=O) groups excluding carboxylic acids is 2. The van der Waals surface area contributed by atoms with Crippen LogP contribution in [0.2, 0.25) is 0 Å². The molecular weight excluding hydrogens is 348 g/mol. The van der Waals surface area contributed by atoms with Crippen LogP contribution in [0.3, 0.4) is 0 Å². The fraction of sp³-hybridized carbons (Fsp3) is 0.158. The number of benzene rings is 1. The molecule has 0 unspecified atom stereocenters. The van der Waals surface area contributed by atoms with Crippen molar-refractivity contribution in [3.8, 4) is 0 Å². The fourth-order valence-electron chi connectivity index (χ4n) is 2.45. The van der Waals surface area contributed by atoms with Gasteiger partial charge in [-0.15, -0.1) is 11.3 Å². The summed E-state index contributed by atoms with van der Waals surface area (Å²) in [7, 11) is 0. The Bertz CT molecular complexity index is 881. The summed E-state index contributed by atoms with van der Waals surface area (Å²) in [6, 6.07) is 11.5. The molecule has 7 heteroatoms. The topological polar surface area (TPSA) is 75.2 Å². The number of hydrogen-bond acceptors (Lipinski definition) is 5. The van der Waals surface area contributed by atoms with Crippen molar-refractivity contribution in [3.05, 3.63) is 76.5 Å². The third-order valence-corrected chi connectivity index (χ3v) is 4.69. The standard InChI is InChI=1S/C19H18N4O2S/c1-2-23(13-14-6-4-3-5-7-14)19(25)17-15(8-11-26-17)22-18(24)16-12-20-9-10-21-16/h3-12H,2,13H2,1H3,(H,22,24). The number of anilines is 1. The molecule has 1 N–H and O–H groups in total. The maximum Gasteiger partial charge on any atom is 0.275 e. The van der Waals surface area contributed by atoms with Crippen LogP contribution in [-0.2, 0) is 6.54 Å². The Morgan fingerprint density at radius 3 is 2.65 bits per heavy atom. The molecule has 0 aliphatic heterocycles. The molecule has 0 aliphatic carbocycles. The molecule has 26 heavy (non-hydrogen) atoms. The lowest BCUT2D eigenvalue weighted by atomic mass is 10.2. The van der Waals surface area contributed by atoms with Crippen LogP contribution in [0, 0.1) is 0 Å². The van der Waals surface area contributed by atoms with Gasteiger partial charge in [0.2, 0.25) is 0 Å². The lowest BCUT2D eigenvalue weighted by Gasteiger charge is -2.21. The van der Waals surface area contributed by atoms with Crippen molar-refractivity contribution >= 4 is 28.8 Å². The Morgan fingerprint density at radius 1 is 1.15 bits per heavy atom. The van der Waals surface area contributed by atoms with Gasteiger partial charge in [-0.1, -0.05) is 30.3 Å². The van der Waals surface area contributed by atoms with Gasteiger partial charge in [-0.05, 0) is 23.9 Å². The normalized spacial score (nSPS) is 10.3. The zero-order valence-electron chi connectivity index (χ0n) is 14.3. The minimum absolute atomic E-state index is 0.110. The third kappa shape index (κ3) is 4.12. The Kier molecular flexibility index (Phi) is 5.70. The second kappa shape index (κ2) is 8.35. The van der Waals surface area contributed by atoms with Crippen LogP contribution in [0.15, 0.2) is 60.4 Å². The summed E-state index contributed by atoms with van der Waals surface area (Å²) in [6.07, 6.45) is 4.34. The summed E-state index contributed by atoms with van der Waals surface area (Å²) in [5.74, 6) is -0.502. The smallest absolute Gasteiger partial charge is 0.275 e. The molecule has 0 saturated heterocycles. The fourth-order valence-corrected chi connectivity index (χ4v) is 3.27. The van der Waals surface area contributed by atoms with E-state index in [2.05, 4.69) is 15.3 Å². The largest absolute Gasteiger partial charge is 0.334 e. The molecule has 6 nitrogen and oxygen atoms in total. The summed E-state index contributed by atoms with van der Waals surface area (Å²) in [5, 5.41) is 4.54. The quantitative estimate of drug-likeness (QED) is 0.725. The maximum atomic E-state index is 12.9. The number of rotatable bonds is 6. The number of amides is 2. The molecule has 0 fully saturated rings. The lowest BCUT2D eigenvalue weighted by Crippen LogP contribution is -2.30. The van der Waals surface area contributed by atoms with Gasteiger partial charge in [0, 0.05) is 25.5 Å². The van der Waals surface area contributed by atoms with Crippen molar-refractivity contribution in [3.63, 3.8) is 0 Å². The van der Waals surface area contributed by atoms with Gasteiger partial charge in [0.05, 0.1) is 11.9 Å². The first-order chi connectivity index (χ1) is 12.7. The zero-order valence-corrected chi connectivity index (χ0v) is 15.1. The molecule has 0 bridgehead atoms. The van der Waals surface area contributed by atoms with Crippen LogP contribution in [0.1, 0.15) is 32.6 Å². The lowest BCUT2D eigenvalue weighted by molar-refractivity contribution is 0.0758. The van der Waals surface area contributed by atoms with E-state index in [1.807, 2.05) is 37.3 Å². The van der Waals surface area contributed by atoms with E-state index >= 15 is 0 Å². The van der Waals surface area contributed by atoms with Gasteiger partial charge in [-0.3, -0.25) is 14.6 Å². The highest BCUT2D eigenvalue weighted by molar-refractivity contribution is 7.12. The van der Waals surface area contributed by atoms with E-state index in [1.54, 1.807) is 16.3 Å². The van der Waals surface area contributed by atoms with Gasteiger partial charge in [0.15, 0.2) is 0 Å². The van der Waals surface area contributed by atoms with Crippen LogP contribution in [0.4, 0.5) is 5.69 Å². The predicted molar refractivity (Wildman–Crippen MR) is 101 cm³/mol. The SMILES string of the molecule is CCN(Cc1ccccc1)C(=O)c1sccc1NC(=O)c1cnccn1. The summed E-state index contributed by atoms with van der Waals surface area (Å²) in [6.45, 7) is 3.03. The molecule has 3 aromatic rings. The van der Waals surface area contributed by atoms with Gasteiger partial charge in [0.1, 0.15) is 10.6 Å². The van der Waals surface area contributed by atoms with Gasteiger partial charge < -0.3 is 10.2 Å². The Hall–Kier alpha value is -3.06. The second-order valence-corrected chi connectivity index (χ2v) is 6.43. The third-order valence-electron chi connectivity index (χ3n) is 3.79. The number of thiophene rings is 1. The molecule has 132 valence electrons. The molecule has 2 heterocycles. The average Bonchev–Trinajstić information content (AvgIpc) is 3.15. The van der Waals surface area contributed by atoms with E-state index in [4.69, 9.17) is 0 Å². The van der Waals surface area contributed by atoms with Crippen molar-refractivity contribution in [1.82, 2.24) is 14.9 Å². The number of nitrogens with one attached hydrogen (secondary N) is 1. The van der Waals surface area contributed by atoms with Crippen molar-refractivity contribution in [2.24, 2.45) is 0 Å². The summed E-state index contributed by atoms with van der Waals surface area (Å²) >= 11 is 1.31. The molecule has 1 aromatic carbocycles. The highest BCUT2D eigenvalue weighted by Crippen LogP contribution is 2.25. The van der Waals surface area contributed by atoms with Crippen LogP contribution < -0.4 is 5.32 Å². The van der Waals surface area contributed by atoms with E-state index in [0.29, 0.717) is 23.7 Å². The van der Waals surface area contributed by atoms with Crippen molar-refractivity contribution in [1.29, 1.82) is 0 Å². The second-order valence-electron chi connectivity index (χ2n) is 5.51. The molecule has 0 aliphatic rings. The zero-order chi connectivity index (χ0) is 18.4. The molecule has 0 spiro atoms. The molecule has 0 saturated carbocycles. The van der Waals surface area contributed by atoms with Crippen molar-refractivity contribution in [2.75, 3.05) is 11.9 Å².